The van der Waals surface area contributed by atoms with Crippen LogP contribution in [0.5, 0.6) is 17.2 Å². The van der Waals surface area contributed by atoms with E-state index in [9.17, 15) is 22.8 Å². The number of nitrogens with one attached hydrogen (secondary N) is 2. The molecule has 1 unspecified atom stereocenters. The number of hydrogen-bond acceptors (Lipinski definition) is 8. The lowest BCUT2D eigenvalue weighted by Crippen LogP contribution is -2.42. The molecule has 2 N–H and O–H groups in total. The van der Waals surface area contributed by atoms with Gasteiger partial charge in [0.15, 0.2) is 9.84 Å². The first-order valence-corrected chi connectivity index (χ1v) is 13.5. The summed E-state index contributed by atoms with van der Waals surface area (Å²) in [6.45, 7) is 3.57. The summed E-state index contributed by atoms with van der Waals surface area (Å²) < 4.78 is 36.2. The maximum atomic E-state index is 12.7. The second-order valence-corrected chi connectivity index (χ2v) is 11.5. The minimum absolute atomic E-state index is 0.0400. The van der Waals surface area contributed by atoms with E-state index in [0.29, 0.717) is 34.1 Å². The third kappa shape index (κ3) is 5.36. The SMILES string of the molecule is COc1ccc(Oc2c(C)cc(-n3nc(C(=O)NC4CCS(=O)(=O)C4)c(=O)[nH]c3=O)cc2C)cc1Br. The van der Waals surface area contributed by atoms with Gasteiger partial charge in [0, 0.05) is 6.04 Å². The zero-order valence-electron chi connectivity index (χ0n) is 19.6. The second kappa shape index (κ2) is 9.90. The molecule has 13 heteroatoms. The van der Waals surface area contributed by atoms with E-state index in [2.05, 4.69) is 31.3 Å². The van der Waals surface area contributed by atoms with Crippen molar-refractivity contribution in [3.05, 3.63) is 72.5 Å². The van der Waals surface area contributed by atoms with Gasteiger partial charge in [0.25, 0.3) is 11.5 Å². The molecule has 1 aliphatic heterocycles. The molecule has 1 aromatic heterocycles. The Hall–Kier alpha value is -3.45. The minimum Gasteiger partial charge on any atom is -0.496 e. The molecule has 3 aromatic rings. The lowest BCUT2D eigenvalue weighted by Gasteiger charge is -2.15. The van der Waals surface area contributed by atoms with Gasteiger partial charge in [-0.2, -0.15) is 9.78 Å². The quantitative estimate of drug-likeness (QED) is 0.451. The predicted molar refractivity (Wildman–Crippen MR) is 135 cm³/mol. The Morgan fingerprint density at radius 1 is 1.19 bits per heavy atom. The van der Waals surface area contributed by atoms with Crippen molar-refractivity contribution in [3.63, 3.8) is 0 Å². The number of methoxy groups -OCH3 is 1. The van der Waals surface area contributed by atoms with Gasteiger partial charge < -0.3 is 14.8 Å². The van der Waals surface area contributed by atoms with Crippen molar-refractivity contribution in [2.45, 2.75) is 26.3 Å². The third-order valence-electron chi connectivity index (χ3n) is 5.64. The van der Waals surface area contributed by atoms with Crippen LogP contribution in [0.15, 0.2) is 44.4 Å². The van der Waals surface area contributed by atoms with Gasteiger partial charge in [-0.1, -0.05) is 0 Å². The number of carbonyl (C=O) groups excluding carboxylic acids is 1. The molecular formula is C23H23BrN4O7S. The topological polar surface area (TPSA) is 149 Å². The van der Waals surface area contributed by atoms with Gasteiger partial charge in [-0.15, -0.1) is 0 Å². The zero-order chi connectivity index (χ0) is 26.2. The van der Waals surface area contributed by atoms with Gasteiger partial charge in [-0.05, 0) is 77.7 Å². The lowest BCUT2D eigenvalue weighted by molar-refractivity contribution is 0.0932. The summed E-state index contributed by atoms with van der Waals surface area (Å²) in [7, 11) is -1.67. The number of hydrogen-bond donors (Lipinski definition) is 2. The van der Waals surface area contributed by atoms with Crippen LogP contribution in [0.25, 0.3) is 5.69 Å². The van der Waals surface area contributed by atoms with Gasteiger partial charge in [0.2, 0.25) is 5.69 Å². The number of benzene rings is 2. The summed E-state index contributed by atoms with van der Waals surface area (Å²) >= 11 is 3.42. The van der Waals surface area contributed by atoms with Gasteiger partial charge in [0.1, 0.15) is 17.2 Å². The number of aryl methyl sites for hydroxylation is 2. The Kier molecular flexibility index (Phi) is 7.05. The third-order valence-corrected chi connectivity index (χ3v) is 8.03. The van der Waals surface area contributed by atoms with Crippen LogP contribution in [-0.4, -0.2) is 53.7 Å². The van der Waals surface area contributed by atoms with Gasteiger partial charge >= 0.3 is 5.69 Å². The van der Waals surface area contributed by atoms with E-state index in [0.717, 1.165) is 9.15 Å². The maximum Gasteiger partial charge on any atom is 0.349 e. The molecular weight excluding hydrogens is 556 g/mol. The first kappa shape index (κ1) is 25.6. The largest absolute Gasteiger partial charge is 0.496 e. The highest BCUT2D eigenvalue weighted by atomic mass is 79.9. The Labute approximate surface area is 214 Å². The molecule has 1 saturated heterocycles. The fourth-order valence-corrected chi connectivity index (χ4v) is 6.12. The number of nitrogens with zero attached hydrogens (tertiary/aromatic N) is 2. The summed E-state index contributed by atoms with van der Waals surface area (Å²) in [5.74, 6) is 0.681. The molecule has 2 aromatic carbocycles. The summed E-state index contributed by atoms with van der Waals surface area (Å²) in [6, 6.07) is 7.93. The molecule has 1 aliphatic rings. The average molecular weight is 579 g/mol. The Balaban J connectivity index is 1.64. The number of ether oxygens (including phenoxy) is 2. The first-order chi connectivity index (χ1) is 17.0. The summed E-state index contributed by atoms with van der Waals surface area (Å²) in [4.78, 5) is 39.6. The Bertz CT molecular complexity index is 1560. The summed E-state index contributed by atoms with van der Waals surface area (Å²) in [5, 5.41) is 6.50. The van der Waals surface area contributed by atoms with E-state index in [-0.39, 0.29) is 17.9 Å². The van der Waals surface area contributed by atoms with Gasteiger partial charge in [0.05, 0.1) is 28.8 Å². The standard InChI is InChI=1S/C23H23BrN4O7S/c1-12-8-15(9-13(2)20(12)35-16-4-5-18(34-3)17(24)10-16)28-23(31)26-22(30)19(27-28)21(29)25-14-6-7-36(32,33)11-14/h4-5,8-10,14H,6-7,11H2,1-3H3,(H,25,29)(H,26,30,31). The molecule has 0 radical (unpaired) electrons. The molecule has 0 saturated carbocycles. The van der Waals surface area contributed by atoms with E-state index in [1.165, 1.54) is 0 Å². The number of rotatable bonds is 6. The molecule has 2 heterocycles. The van der Waals surface area contributed by atoms with Crippen LogP contribution in [0.2, 0.25) is 0 Å². The van der Waals surface area contributed by atoms with Crippen molar-refractivity contribution in [2.24, 2.45) is 0 Å². The smallest absolute Gasteiger partial charge is 0.349 e. The van der Waals surface area contributed by atoms with Crippen molar-refractivity contribution < 1.29 is 22.7 Å². The molecule has 0 aliphatic carbocycles. The highest BCUT2D eigenvalue weighted by Gasteiger charge is 2.30. The van der Waals surface area contributed by atoms with Gasteiger partial charge in [-0.25, -0.2) is 13.2 Å². The molecule has 1 atom stereocenters. The van der Waals surface area contributed by atoms with Crippen LogP contribution in [0.3, 0.4) is 0 Å². The number of carbonyl (C=O) groups is 1. The van der Waals surface area contributed by atoms with E-state index in [1.54, 1.807) is 51.3 Å². The molecule has 36 heavy (non-hydrogen) atoms. The normalized spacial score (nSPS) is 16.5. The molecule has 1 fully saturated rings. The number of aromatic amines is 1. The van der Waals surface area contributed by atoms with Crippen LogP contribution >= 0.6 is 15.9 Å². The Morgan fingerprint density at radius 2 is 1.89 bits per heavy atom. The molecule has 4 rings (SSSR count). The lowest BCUT2D eigenvalue weighted by atomic mass is 10.1. The zero-order valence-corrected chi connectivity index (χ0v) is 22.0. The van der Waals surface area contributed by atoms with Crippen molar-refractivity contribution in [2.75, 3.05) is 18.6 Å². The summed E-state index contributed by atoms with van der Waals surface area (Å²) in [5.41, 5.74) is -0.665. The van der Waals surface area contributed by atoms with Crippen LogP contribution < -0.4 is 26.0 Å². The van der Waals surface area contributed by atoms with Crippen LogP contribution in [0.1, 0.15) is 28.0 Å². The summed E-state index contributed by atoms with van der Waals surface area (Å²) in [6.07, 6.45) is 0.246. The first-order valence-electron chi connectivity index (χ1n) is 10.9. The van der Waals surface area contributed by atoms with Crippen LogP contribution in [0, 0.1) is 13.8 Å². The van der Waals surface area contributed by atoms with E-state index in [1.807, 2.05) is 0 Å². The molecule has 0 spiro atoms. The van der Waals surface area contributed by atoms with Gasteiger partial charge in [-0.3, -0.25) is 14.6 Å². The highest BCUT2D eigenvalue weighted by Crippen LogP contribution is 2.34. The monoisotopic (exact) mass is 578 g/mol. The van der Waals surface area contributed by atoms with E-state index in [4.69, 9.17) is 9.47 Å². The molecule has 11 nitrogen and oxygen atoms in total. The maximum absolute atomic E-state index is 12.7. The van der Waals surface area contributed by atoms with Crippen molar-refractivity contribution >= 4 is 31.7 Å². The van der Waals surface area contributed by atoms with Crippen molar-refractivity contribution in [1.82, 2.24) is 20.1 Å². The molecule has 0 bridgehead atoms. The number of sulfone groups is 1. The van der Waals surface area contributed by atoms with E-state index >= 15 is 0 Å². The predicted octanol–water partition coefficient (Wildman–Crippen LogP) is 2.02. The van der Waals surface area contributed by atoms with Crippen molar-refractivity contribution in [3.8, 4) is 22.9 Å². The number of aromatic nitrogens is 3. The number of amides is 1. The second-order valence-electron chi connectivity index (χ2n) is 8.40. The number of halogens is 1. The minimum atomic E-state index is -3.23. The fourth-order valence-electron chi connectivity index (χ4n) is 3.93. The molecule has 190 valence electrons. The van der Waals surface area contributed by atoms with Crippen LogP contribution in [-0.2, 0) is 9.84 Å². The highest BCUT2D eigenvalue weighted by molar-refractivity contribution is 9.10. The molecule has 1 amide bonds. The van der Waals surface area contributed by atoms with Crippen molar-refractivity contribution in [1.29, 1.82) is 0 Å². The van der Waals surface area contributed by atoms with Crippen LogP contribution in [0.4, 0.5) is 0 Å². The number of H-pyrrole nitrogens is 1. The Morgan fingerprint density at radius 3 is 2.47 bits per heavy atom. The average Bonchev–Trinajstić information content (AvgIpc) is 3.14. The fraction of sp³-hybridized carbons (Fsp3) is 0.304. The van der Waals surface area contributed by atoms with E-state index < -0.39 is 38.7 Å².